The molecule has 1 saturated heterocycles. The van der Waals surface area contributed by atoms with E-state index in [4.69, 9.17) is 34.3 Å². The summed E-state index contributed by atoms with van der Waals surface area (Å²) >= 11 is 10.9. The lowest BCUT2D eigenvalue weighted by Gasteiger charge is -2.13. The summed E-state index contributed by atoms with van der Waals surface area (Å²) in [4.78, 5) is 12.3. The van der Waals surface area contributed by atoms with Crippen LogP contribution in [0.15, 0.2) is 18.2 Å². The van der Waals surface area contributed by atoms with E-state index in [1.54, 1.807) is 18.2 Å². The van der Waals surface area contributed by atoms with E-state index in [1.165, 1.54) is 0 Å². The second-order valence-corrected chi connectivity index (χ2v) is 5.41. The number of anilines is 1. The van der Waals surface area contributed by atoms with Crippen LogP contribution in [0.1, 0.15) is 25.3 Å². The summed E-state index contributed by atoms with van der Waals surface area (Å²) in [6.45, 7) is 1.96. The zero-order valence-electron chi connectivity index (χ0n) is 10.5. The number of carbonyl (C=O) groups is 1. The Morgan fingerprint density at radius 3 is 2.79 bits per heavy atom. The van der Waals surface area contributed by atoms with Crippen LogP contribution in [-0.2, 0) is 9.53 Å². The van der Waals surface area contributed by atoms with Crippen molar-refractivity contribution in [3.63, 3.8) is 0 Å². The minimum Gasteiger partial charge on any atom is -0.389 e. The maximum Gasteiger partial charge on any atom is 0.253 e. The van der Waals surface area contributed by atoms with Gasteiger partial charge in [0.15, 0.2) is 0 Å². The smallest absolute Gasteiger partial charge is 0.253 e. The first kappa shape index (κ1) is 14.2. The molecule has 102 valence electrons. The standard InChI is InChI=1S/C13H15ClN2O2S/c1-7-2-5-11(18-7)13(17)16-10-4-3-8(12(15)19)6-9(10)14/h3-4,6-7,11H,2,5H2,1H3,(H2,15,19)(H,16,17). The summed E-state index contributed by atoms with van der Waals surface area (Å²) in [7, 11) is 0. The number of hydrogen-bond donors (Lipinski definition) is 2. The predicted molar refractivity (Wildman–Crippen MR) is 79.5 cm³/mol. The Hall–Kier alpha value is -1.17. The van der Waals surface area contributed by atoms with Crippen LogP contribution in [0.4, 0.5) is 5.69 Å². The summed E-state index contributed by atoms with van der Waals surface area (Å²) in [5, 5.41) is 3.17. The van der Waals surface area contributed by atoms with Gasteiger partial charge in [0.05, 0.1) is 16.8 Å². The quantitative estimate of drug-likeness (QED) is 0.842. The predicted octanol–water partition coefficient (Wildman–Crippen LogP) is 2.48. The van der Waals surface area contributed by atoms with Gasteiger partial charge in [0.25, 0.3) is 5.91 Å². The minimum absolute atomic E-state index is 0.128. The Balaban J connectivity index is 2.07. The molecule has 1 aromatic carbocycles. The molecule has 0 aliphatic carbocycles. The highest BCUT2D eigenvalue weighted by molar-refractivity contribution is 7.80. The van der Waals surface area contributed by atoms with E-state index in [0.29, 0.717) is 16.3 Å². The van der Waals surface area contributed by atoms with E-state index >= 15 is 0 Å². The van der Waals surface area contributed by atoms with Crippen molar-refractivity contribution in [2.24, 2.45) is 5.73 Å². The number of amides is 1. The number of thiocarbonyl (C=S) groups is 1. The number of nitrogens with one attached hydrogen (secondary N) is 1. The maximum atomic E-state index is 12.0. The summed E-state index contributed by atoms with van der Waals surface area (Å²) < 4.78 is 5.50. The molecule has 0 spiro atoms. The third kappa shape index (κ3) is 3.43. The van der Waals surface area contributed by atoms with Gasteiger partial charge in [0, 0.05) is 5.56 Å². The van der Waals surface area contributed by atoms with E-state index in [0.717, 1.165) is 12.8 Å². The average Bonchev–Trinajstić information content (AvgIpc) is 2.78. The Labute approximate surface area is 122 Å². The monoisotopic (exact) mass is 298 g/mol. The number of carbonyl (C=O) groups excluding carboxylic acids is 1. The van der Waals surface area contributed by atoms with Crippen molar-refractivity contribution < 1.29 is 9.53 Å². The van der Waals surface area contributed by atoms with Crippen molar-refractivity contribution in [3.05, 3.63) is 28.8 Å². The molecule has 1 aromatic rings. The van der Waals surface area contributed by atoms with Gasteiger partial charge in [-0.3, -0.25) is 4.79 Å². The lowest BCUT2D eigenvalue weighted by atomic mass is 10.1. The number of hydrogen-bond acceptors (Lipinski definition) is 3. The van der Waals surface area contributed by atoms with E-state index in [2.05, 4.69) is 5.32 Å². The number of nitrogens with two attached hydrogens (primary N) is 1. The highest BCUT2D eigenvalue weighted by Crippen LogP contribution is 2.25. The molecule has 0 saturated carbocycles. The van der Waals surface area contributed by atoms with Gasteiger partial charge < -0.3 is 15.8 Å². The molecule has 2 atom stereocenters. The summed E-state index contributed by atoms with van der Waals surface area (Å²) in [6.07, 6.45) is 1.35. The molecule has 0 bridgehead atoms. The second kappa shape index (κ2) is 5.86. The van der Waals surface area contributed by atoms with Crippen LogP contribution in [-0.4, -0.2) is 23.1 Å². The molecule has 19 heavy (non-hydrogen) atoms. The van der Waals surface area contributed by atoms with Gasteiger partial charge in [-0.15, -0.1) is 0 Å². The lowest BCUT2D eigenvalue weighted by Crippen LogP contribution is -2.27. The fraction of sp³-hybridized carbons (Fsp3) is 0.385. The molecule has 1 fully saturated rings. The minimum atomic E-state index is -0.402. The van der Waals surface area contributed by atoms with E-state index in [9.17, 15) is 4.79 Å². The first-order valence-electron chi connectivity index (χ1n) is 6.03. The zero-order chi connectivity index (χ0) is 14.0. The van der Waals surface area contributed by atoms with Gasteiger partial charge in [-0.1, -0.05) is 23.8 Å². The molecule has 1 aliphatic rings. The highest BCUT2D eigenvalue weighted by Gasteiger charge is 2.28. The van der Waals surface area contributed by atoms with Gasteiger partial charge in [0.2, 0.25) is 0 Å². The lowest BCUT2D eigenvalue weighted by molar-refractivity contribution is -0.126. The van der Waals surface area contributed by atoms with Crippen LogP contribution in [0, 0.1) is 0 Å². The van der Waals surface area contributed by atoms with Gasteiger partial charge >= 0.3 is 0 Å². The van der Waals surface area contributed by atoms with E-state index in [1.807, 2.05) is 6.92 Å². The molecular weight excluding hydrogens is 284 g/mol. The van der Waals surface area contributed by atoms with Crippen LogP contribution < -0.4 is 11.1 Å². The van der Waals surface area contributed by atoms with E-state index in [-0.39, 0.29) is 17.0 Å². The molecule has 0 radical (unpaired) electrons. The van der Waals surface area contributed by atoms with Crippen LogP contribution in [0.3, 0.4) is 0 Å². The van der Waals surface area contributed by atoms with Crippen molar-refractivity contribution in [1.82, 2.24) is 0 Å². The zero-order valence-corrected chi connectivity index (χ0v) is 12.1. The van der Waals surface area contributed by atoms with Crippen molar-refractivity contribution in [3.8, 4) is 0 Å². The second-order valence-electron chi connectivity index (χ2n) is 4.56. The number of halogens is 1. The van der Waals surface area contributed by atoms with Crippen LogP contribution >= 0.6 is 23.8 Å². The molecule has 1 heterocycles. The topological polar surface area (TPSA) is 64.4 Å². The molecule has 2 rings (SSSR count). The first-order chi connectivity index (χ1) is 8.97. The first-order valence-corrected chi connectivity index (χ1v) is 6.81. The van der Waals surface area contributed by atoms with E-state index < -0.39 is 6.10 Å². The Morgan fingerprint density at radius 2 is 2.26 bits per heavy atom. The summed E-state index contributed by atoms with van der Waals surface area (Å²) in [5.74, 6) is -0.172. The molecular formula is C13H15ClN2O2S. The van der Waals surface area contributed by atoms with Gasteiger partial charge in [-0.2, -0.15) is 0 Å². The molecule has 1 amide bonds. The van der Waals surface area contributed by atoms with Crippen molar-refractivity contribution >= 4 is 40.4 Å². The van der Waals surface area contributed by atoms with Gasteiger partial charge in [-0.25, -0.2) is 0 Å². The summed E-state index contributed by atoms with van der Waals surface area (Å²) in [6, 6.07) is 5.05. The van der Waals surface area contributed by atoms with Crippen molar-refractivity contribution in [2.45, 2.75) is 32.0 Å². The van der Waals surface area contributed by atoms with Crippen molar-refractivity contribution in [1.29, 1.82) is 0 Å². The molecule has 2 unspecified atom stereocenters. The van der Waals surface area contributed by atoms with Crippen LogP contribution in [0.5, 0.6) is 0 Å². The third-order valence-corrected chi connectivity index (χ3v) is 3.58. The SMILES string of the molecule is CC1CCC(C(=O)Nc2ccc(C(N)=S)cc2Cl)O1. The van der Waals surface area contributed by atoms with Gasteiger partial charge in [-0.05, 0) is 38.0 Å². The number of benzene rings is 1. The van der Waals surface area contributed by atoms with Crippen LogP contribution in [0.25, 0.3) is 0 Å². The molecule has 4 nitrogen and oxygen atoms in total. The Morgan fingerprint density at radius 1 is 1.53 bits per heavy atom. The maximum absolute atomic E-state index is 12.0. The van der Waals surface area contributed by atoms with Crippen LogP contribution in [0.2, 0.25) is 5.02 Å². The fourth-order valence-electron chi connectivity index (χ4n) is 1.98. The van der Waals surface area contributed by atoms with Crippen molar-refractivity contribution in [2.75, 3.05) is 5.32 Å². The molecule has 3 N–H and O–H groups in total. The number of rotatable bonds is 3. The Bertz CT molecular complexity index is 521. The average molecular weight is 299 g/mol. The molecule has 1 aliphatic heterocycles. The normalized spacial score (nSPS) is 22.2. The molecule has 0 aromatic heterocycles. The summed E-state index contributed by atoms with van der Waals surface area (Å²) in [5.41, 5.74) is 6.72. The van der Waals surface area contributed by atoms with Gasteiger partial charge in [0.1, 0.15) is 11.1 Å². The third-order valence-electron chi connectivity index (χ3n) is 3.04. The molecule has 6 heteroatoms. The number of ether oxygens (including phenoxy) is 1. The Kier molecular flexibility index (Phi) is 4.39. The fourth-order valence-corrected chi connectivity index (χ4v) is 2.33. The highest BCUT2D eigenvalue weighted by atomic mass is 35.5. The largest absolute Gasteiger partial charge is 0.389 e.